The maximum absolute atomic E-state index is 9.15. The molecule has 0 saturated carbocycles. The monoisotopic (exact) mass is 465 g/mol. The predicted molar refractivity (Wildman–Crippen MR) is 146 cm³/mol. The first-order valence-corrected chi connectivity index (χ1v) is 11.7. The van der Waals surface area contributed by atoms with Gasteiger partial charge in [0.15, 0.2) is 0 Å². The van der Waals surface area contributed by atoms with Crippen molar-refractivity contribution >= 4 is 33.9 Å². The predicted octanol–water partition coefficient (Wildman–Crippen LogP) is 8.32. The zero-order chi connectivity index (χ0) is 24.7. The van der Waals surface area contributed by atoms with E-state index in [1.54, 1.807) is 6.08 Å². The maximum Gasteiger partial charge on any atom is 0.265 e. The van der Waals surface area contributed by atoms with Gasteiger partial charge in [0.05, 0.1) is 24.9 Å². The SMILES string of the molecule is [C-]#[N+]/C(C#N)=C1C=C(/C=C/c2ccc(N(c3ccccc3)c3cccc4ccccc34)cc2)OCC\1. The van der Waals surface area contributed by atoms with Crippen molar-refractivity contribution in [1.82, 2.24) is 0 Å². The molecule has 0 spiro atoms. The topological polar surface area (TPSA) is 40.6 Å². The van der Waals surface area contributed by atoms with E-state index in [9.17, 15) is 0 Å². The molecule has 36 heavy (non-hydrogen) atoms. The molecule has 1 aliphatic heterocycles. The van der Waals surface area contributed by atoms with E-state index >= 15 is 0 Å². The Morgan fingerprint density at radius 1 is 0.861 bits per heavy atom. The van der Waals surface area contributed by atoms with Gasteiger partial charge in [-0.1, -0.05) is 72.8 Å². The summed E-state index contributed by atoms with van der Waals surface area (Å²) in [5.74, 6) is 0.651. The second-order valence-electron chi connectivity index (χ2n) is 8.34. The summed E-state index contributed by atoms with van der Waals surface area (Å²) in [6, 6.07) is 35.5. The Bertz CT molecular complexity index is 1540. The molecule has 4 nitrogen and oxygen atoms in total. The van der Waals surface area contributed by atoms with Gasteiger partial charge < -0.3 is 9.64 Å². The molecule has 4 heteroatoms. The minimum atomic E-state index is 0.128. The van der Waals surface area contributed by atoms with Crippen molar-refractivity contribution in [2.24, 2.45) is 0 Å². The molecule has 172 valence electrons. The second-order valence-corrected chi connectivity index (χ2v) is 8.34. The maximum atomic E-state index is 9.15. The van der Waals surface area contributed by atoms with Gasteiger partial charge in [-0.2, -0.15) is 0 Å². The minimum Gasteiger partial charge on any atom is -0.493 e. The van der Waals surface area contributed by atoms with Crippen molar-refractivity contribution in [2.75, 3.05) is 11.5 Å². The zero-order valence-corrected chi connectivity index (χ0v) is 19.6. The van der Waals surface area contributed by atoms with Crippen LogP contribution in [0.4, 0.5) is 17.1 Å². The van der Waals surface area contributed by atoms with E-state index in [1.807, 2.05) is 24.3 Å². The number of hydrogen-bond acceptors (Lipinski definition) is 3. The Morgan fingerprint density at radius 3 is 2.36 bits per heavy atom. The highest BCUT2D eigenvalue weighted by atomic mass is 16.5. The Labute approximate surface area is 211 Å². The van der Waals surface area contributed by atoms with Gasteiger partial charge in [0.2, 0.25) is 0 Å². The molecule has 4 aromatic rings. The van der Waals surface area contributed by atoms with E-state index in [-0.39, 0.29) is 5.70 Å². The Morgan fingerprint density at radius 2 is 1.58 bits per heavy atom. The van der Waals surface area contributed by atoms with Crippen LogP contribution >= 0.6 is 0 Å². The van der Waals surface area contributed by atoms with Gasteiger partial charge >= 0.3 is 0 Å². The molecule has 0 unspecified atom stereocenters. The first kappa shape index (κ1) is 22.7. The van der Waals surface area contributed by atoms with Crippen LogP contribution < -0.4 is 4.90 Å². The average molecular weight is 466 g/mol. The summed E-state index contributed by atoms with van der Waals surface area (Å²) in [6.45, 7) is 7.64. The van der Waals surface area contributed by atoms with Crippen molar-refractivity contribution in [1.29, 1.82) is 5.26 Å². The van der Waals surface area contributed by atoms with E-state index in [0.29, 0.717) is 18.8 Å². The largest absolute Gasteiger partial charge is 0.493 e. The van der Waals surface area contributed by atoms with Crippen molar-refractivity contribution in [3.63, 3.8) is 0 Å². The van der Waals surface area contributed by atoms with Crippen LogP contribution in [-0.4, -0.2) is 6.61 Å². The molecule has 0 bridgehead atoms. The number of rotatable bonds is 5. The lowest BCUT2D eigenvalue weighted by molar-refractivity contribution is 0.219. The van der Waals surface area contributed by atoms with Crippen molar-refractivity contribution in [3.8, 4) is 6.07 Å². The molecule has 4 aromatic carbocycles. The quantitative estimate of drug-likeness (QED) is 0.220. The molecule has 5 rings (SSSR count). The summed E-state index contributed by atoms with van der Waals surface area (Å²) in [7, 11) is 0. The van der Waals surface area contributed by atoms with E-state index in [1.165, 1.54) is 10.8 Å². The minimum absolute atomic E-state index is 0.128. The van der Waals surface area contributed by atoms with Crippen LogP contribution in [0.1, 0.15) is 12.0 Å². The summed E-state index contributed by atoms with van der Waals surface area (Å²) in [5.41, 5.74) is 5.14. The molecule has 1 aliphatic rings. The van der Waals surface area contributed by atoms with Gasteiger partial charge in [-0.05, 0) is 65.4 Å². The number of nitriles is 1. The van der Waals surface area contributed by atoms with E-state index < -0.39 is 0 Å². The summed E-state index contributed by atoms with van der Waals surface area (Å²) in [4.78, 5) is 5.59. The number of benzene rings is 4. The highest BCUT2D eigenvalue weighted by Crippen LogP contribution is 2.38. The number of fused-ring (bicyclic) bond motifs is 1. The average Bonchev–Trinajstić information content (AvgIpc) is 2.94. The highest BCUT2D eigenvalue weighted by Gasteiger charge is 2.15. The van der Waals surface area contributed by atoms with Crippen LogP contribution in [0.2, 0.25) is 0 Å². The fraction of sp³-hybridized carbons (Fsp3) is 0.0625. The first-order chi connectivity index (χ1) is 17.8. The molecule has 1 heterocycles. The summed E-state index contributed by atoms with van der Waals surface area (Å²) in [6.07, 6.45) is 6.21. The lowest BCUT2D eigenvalue weighted by Gasteiger charge is -2.27. The zero-order valence-electron chi connectivity index (χ0n) is 19.6. The normalized spacial score (nSPS) is 14.4. The fourth-order valence-electron chi connectivity index (χ4n) is 4.34. The molecule has 0 aliphatic carbocycles. The molecule has 0 N–H and O–H groups in total. The lowest BCUT2D eigenvalue weighted by Crippen LogP contribution is -2.10. The van der Waals surface area contributed by atoms with E-state index in [2.05, 4.69) is 101 Å². The van der Waals surface area contributed by atoms with Crippen molar-refractivity contribution in [2.45, 2.75) is 6.42 Å². The number of ether oxygens (including phenoxy) is 1. The van der Waals surface area contributed by atoms with Crippen LogP contribution in [0.15, 0.2) is 126 Å². The highest BCUT2D eigenvalue weighted by molar-refractivity contribution is 5.98. The molecule has 0 radical (unpaired) electrons. The first-order valence-electron chi connectivity index (χ1n) is 11.7. The van der Waals surface area contributed by atoms with Crippen LogP contribution in [0, 0.1) is 17.9 Å². The molecular weight excluding hydrogens is 442 g/mol. The number of para-hydroxylation sites is 1. The number of allylic oxidation sites excluding steroid dienone is 3. The van der Waals surface area contributed by atoms with Gasteiger partial charge in [0.1, 0.15) is 5.76 Å². The second kappa shape index (κ2) is 10.5. The van der Waals surface area contributed by atoms with Gasteiger partial charge in [0.25, 0.3) is 5.70 Å². The molecule has 0 atom stereocenters. The summed E-state index contributed by atoms with van der Waals surface area (Å²) < 4.78 is 5.71. The van der Waals surface area contributed by atoms with Crippen LogP contribution in [0.3, 0.4) is 0 Å². The molecule has 0 amide bonds. The Hall–Kier alpha value is -5.06. The van der Waals surface area contributed by atoms with E-state index in [4.69, 9.17) is 16.6 Å². The lowest BCUT2D eigenvalue weighted by atomic mass is 10.1. The number of anilines is 3. The van der Waals surface area contributed by atoms with Crippen molar-refractivity contribution < 1.29 is 4.74 Å². The molecule has 0 aromatic heterocycles. The number of nitrogens with zero attached hydrogens (tertiary/aromatic N) is 3. The van der Waals surface area contributed by atoms with Crippen LogP contribution in [0.25, 0.3) is 21.7 Å². The summed E-state index contributed by atoms with van der Waals surface area (Å²) in [5, 5.41) is 11.5. The van der Waals surface area contributed by atoms with Gasteiger partial charge in [-0.15, -0.1) is 0 Å². The van der Waals surface area contributed by atoms with Gasteiger partial charge in [0, 0.05) is 16.8 Å². The van der Waals surface area contributed by atoms with Crippen molar-refractivity contribution in [3.05, 3.63) is 143 Å². The van der Waals surface area contributed by atoms with Crippen LogP contribution in [0.5, 0.6) is 0 Å². The van der Waals surface area contributed by atoms with E-state index in [0.717, 1.165) is 28.2 Å². The Balaban J connectivity index is 1.48. The fourth-order valence-corrected chi connectivity index (χ4v) is 4.34. The van der Waals surface area contributed by atoms with Gasteiger partial charge in [-0.3, -0.25) is 0 Å². The third-order valence-corrected chi connectivity index (χ3v) is 6.09. The third kappa shape index (κ3) is 4.75. The molecule has 0 fully saturated rings. The summed E-state index contributed by atoms with van der Waals surface area (Å²) >= 11 is 0. The smallest absolute Gasteiger partial charge is 0.265 e. The Kier molecular flexibility index (Phi) is 6.61. The third-order valence-electron chi connectivity index (χ3n) is 6.09. The number of hydrogen-bond donors (Lipinski definition) is 0. The standard InChI is InChI=1S/C32H23N3O/c1-34-31(23-33)26-20-21-36-29(22-26)19-16-24-14-17-28(18-15-24)35(27-10-3-2-4-11-27)32-13-7-9-25-8-5-6-12-30(25)32/h2-19,22H,20-21H2/b19-16+,31-26-. The van der Waals surface area contributed by atoms with Gasteiger partial charge in [-0.25, -0.2) is 10.1 Å². The molecular formula is C32H23N3O. The van der Waals surface area contributed by atoms with Crippen LogP contribution in [-0.2, 0) is 4.74 Å². The molecule has 0 saturated heterocycles.